The molecule has 1 aliphatic heterocycles. The third kappa shape index (κ3) is 3.61. The van der Waals surface area contributed by atoms with Gasteiger partial charge in [-0.05, 0) is 31.0 Å². The molecular formula is C16H22N4O. The summed E-state index contributed by atoms with van der Waals surface area (Å²) in [5.41, 5.74) is 0. The van der Waals surface area contributed by atoms with E-state index in [2.05, 4.69) is 39.2 Å². The highest BCUT2D eigenvalue weighted by Gasteiger charge is 2.20. The second-order valence-electron chi connectivity index (χ2n) is 5.41. The van der Waals surface area contributed by atoms with Crippen LogP contribution in [0.2, 0.25) is 0 Å². The van der Waals surface area contributed by atoms with E-state index in [0.717, 1.165) is 56.4 Å². The molecule has 2 aromatic heterocycles. The summed E-state index contributed by atoms with van der Waals surface area (Å²) < 4.78 is 5.72. The molecule has 21 heavy (non-hydrogen) atoms. The standard InChI is InChI=1S/C16H22N4O/c1-2-14-4-5-15(21-14)12-19-13-6-10-20(11-7-13)16-17-8-3-9-18-16/h3-5,8-9,13,19H,2,6-7,10-12H2,1H3. The van der Waals surface area contributed by atoms with Crippen molar-refractivity contribution in [1.82, 2.24) is 15.3 Å². The molecule has 1 fully saturated rings. The van der Waals surface area contributed by atoms with Crippen molar-refractivity contribution in [2.24, 2.45) is 0 Å². The Kier molecular flexibility index (Phi) is 4.50. The second-order valence-corrected chi connectivity index (χ2v) is 5.41. The van der Waals surface area contributed by atoms with Gasteiger partial charge in [-0.15, -0.1) is 0 Å². The van der Waals surface area contributed by atoms with Crippen molar-refractivity contribution in [2.45, 2.75) is 38.8 Å². The first-order valence-electron chi connectivity index (χ1n) is 7.68. The van der Waals surface area contributed by atoms with E-state index in [1.54, 1.807) is 12.4 Å². The van der Waals surface area contributed by atoms with Gasteiger partial charge in [-0.25, -0.2) is 9.97 Å². The fourth-order valence-corrected chi connectivity index (χ4v) is 2.69. The van der Waals surface area contributed by atoms with Crippen LogP contribution in [0.15, 0.2) is 35.0 Å². The van der Waals surface area contributed by atoms with Crippen LogP contribution in [-0.2, 0) is 13.0 Å². The van der Waals surface area contributed by atoms with E-state index in [4.69, 9.17) is 4.42 Å². The van der Waals surface area contributed by atoms with Crippen molar-refractivity contribution in [3.05, 3.63) is 42.1 Å². The Balaban J connectivity index is 1.45. The first-order valence-corrected chi connectivity index (χ1v) is 7.68. The summed E-state index contributed by atoms with van der Waals surface area (Å²) in [6, 6.07) is 6.52. The monoisotopic (exact) mass is 286 g/mol. The third-order valence-corrected chi connectivity index (χ3v) is 3.96. The minimum absolute atomic E-state index is 0.542. The summed E-state index contributed by atoms with van der Waals surface area (Å²) in [7, 11) is 0. The number of hydrogen-bond acceptors (Lipinski definition) is 5. The topological polar surface area (TPSA) is 54.2 Å². The molecule has 0 saturated carbocycles. The molecule has 1 aliphatic rings. The van der Waals surface area contributed by atoms with Crippen LogP contribution < -0.4 is 10.2 Å². The molecular weight excluding hydrogens is 264 g/mol. The number of nitrogens with zero attached hydrogens (tertiary/aromatic N) is 3. The molecule has 3 heterocycles. The van der Waals surface area contributed by atoms with Crippen molar-refractivity contribution < 1.29 is 4.42 Å². The Hall–Kier alpha value is -1.88. The quantitative estimate of drug-likeness (QED) is 0.914. The second kappa shape index (κ2) is 6.72. The van der Waals surface area contributed by atoms with Gasteiger partial charge in [0.05, 0.1) is 6.54 Å². The minimum atomic E-state index is 0.542. The Labute approximate surface area is 125 Å². The zero-order valence-corrected chi connectivity index (χ0v) is 12.5. The van der Waals surface area contributed by atoms with Gasteiger partial charge in [-0.1, -0.05) is 6.92 Å². The van der Waals surface area contributed by atoms with Gasteiger partial charge < -0.3 is 14.6 Å². The summed E-state index contributed by atoms with van der Waals surface area (Å²) in [6.07, 6.45) is 6.78. The number of aromatic nitrogens is 2. The molecule has 0 bridgehead atoms. The molecule has 0 aliphatic carbocycles. The number of nitrogens with one attached hydrogen (secondary N) is 1. The van der Waals surface area contributed by atoms with Crippen LogP contribution in [-0.4, -0.2) is 29.1 Å². The third-order valence-electron chi connectivity index (χ3n) is 3.96. The van der Waals surface area contributed by atoms with Crippen LogP contribution in [0.5, 0.6) is 0 Å². The predicted molar refractivity (Wildman–Crippen MR) is 82.2 cm³/mol. The lowest BCUT2D eigenvalue weighted by Crippen LogP contribution is -2.42. The zero-order chi connectivity index (χ0) is 14.5. The van der Waals surface area contributed by atoms with Gasteiger partial charge in [-0.2, -0.15) is 0 Å². The Morgan fingerprint density at radius 3 is 2.57 bits per heavy atom. The van der Waals surface area contributed by atoms with Gasteiger partial charge in [0.15, 0.2) is 0 Å². The molecule has 0 aromatic carbocycles. The molecule has 0 atom stereocenters. The predicted octanol–water partition coefficient (Wildman–Crippen LogP) is 2.39. The Morgan fingerprint density at radius 1 is 1.19 bits per heavy atom. The number of furan rings is 1. The lowest BCUT2D eigenvalue weighted by atomic mass is 10.1. The number of piperidine rings is 1. The normalized spacial score (nSPS) is 16.3. The van der Waals surface area contributed by atoms with Crippen molar-refractivity contribution >= 4 is 5.95 Å². The molecule has 3 rings (SSSR count). The van der Waals surface area contributed by atoms with E-state index in [0.29, 0.717) is 6.04 Å². The molecule has 0 radical (unpaired) electrons. The summed E-state index contributed by atoms with van der Waals surface area (Å²) in [5, 5.41) is 3.59. The van der Waals surface area contributed by atoms with Crippen LogP contribution in [0.4, 0.5) is 5.95 Å². The van der Waals surface area contributed by atoms with Gasteiger partial charge in [0.1, 0.15) is 11.5 Å². The molecule has 0 spiro atoms. The molecule has 112 valence electrons. The van der Waals surface area contributed by atoms with Crippen LogP contribution in [0.25, 0.3) is 0 Å². The largest absolute Gasteiger partial charge is 0.465 e. The maximum Gasteiger partial charge on any atom is 0.225 e. The lowest BCUT2D eigenvalue weighted by Gasteiger charge is -2.32. The number of hydrogen-bond donors (Lipinski definition) is 1. The molecule has 1 saturated heterocycles. The molecule has 0 unspecified atom stereocenters. The highest BCUT2D eigenvalue weighted by atomic mass is 16.3. The van der Waals surface area contributed by atoms with Crippen LogP contribution in [0.3, 0.4) is 0 Å². The molecule has 5 heteroatoms. The van der Waals surface area contributed by atoms with E-state index in [-0.39, 0.29) is 0 Å². The van der Waals surface area contributed by atoms with E-state index < -0.39 is 0 Å². The first kappa shape index (κ1) is 14.1. The lowest BCUT2D eigenvalue weighted by molar-refractivity contribution is 0.380. The van der Waals surface area contributed by atoms with Gasteiger partial charge in [-0.3, -0.25) is 0 Å². The Morgan fingerprint density at radius 2 is 1.90 bits per heavy atom. The van der Waals surface area contributed by atoms with Crippen LogP contribution >= 0.6 is 0 Å². The van der Waals surface area contributed by atoms with E-state index >= 15 is 0 Å². The van der Waals surface area contributed by atoms with Crippen molar-refractivity contribution in [2.75, 3.05) is 18.0 Å². The molecule has 0 amide bonds. The summed E-state index contributed by atoms with van der Waals surface area (Å²) in [5.74, 6) is 2.93. The van der Waals surface area contributed by atoms with Crippen molar-refractivity contribution in [1.29, 1.82) is 0 Å². The van der Waals surface area contributed by atoms with Gasteiger partial charge in [0, 0.05) is 37.9 Å². The van der Waals surface area contributed by atoms with Crippen LogP contribution in [0.1, 0.15) is 31.3 Å². The van der Waals surface area contributed by atoms with Crippen molar-refractivity contribution in [3.8, 4) is 0 Å². The number of anilines is 1. The highest BCUT2D eigenvalue weighted by molar-refractivity contribution is 5.29. The van der Waals surface area contributed by atoms with Crippen molar-refractivity contribution in [3.63, 3.8) is 0 Å². The van der Waals surface area contributed by atoms with Crippen LogP contribution in [0, 0.1) is 0 Å². The average Bonchev–Trinajstić information content (AvgIpc) is 3.02. The smallest absolute Gasteiger partial charge is 0.225 e. The zero-order valence-electron chi connectivity index (χ0n) is 12.5. The van der Waals surface area contributed by atoms with Gasteiger partial charge >= 0.3 is 0 Å². The van der Waals surface area contributed by atoms with E-state index in [1.165, 1.54) is 0 Å². The fraction of sp³-hybridized carbons (Fsp3) is 0.500. The molecule has 1 N–H and O–H groups in total. The Bertz CT molecular complexity index is 546. The minimum Gasteiger partial charge on any atom is -0.465 e. The van der Waals surface area contributed by atoms with E-state index in [1.807, 2.05) is 6.07 Å². The number of aryl methyl sites for hydroxylation is 1. The number of rotatable bonds is 5. The first-order chi connectivity index (χ1) is 10.3. The maximum atomic E-state index is 5.72. The average molecular weight is 286 g/mol. The fourth-order valence-electron chi connectivity index (χ4n) is 2.69. The highest BCUT2D eigenvalue weighted by Crippen LogP contribution is 2.16. The SMILES string of the molecule is CCc1ccc(CNC2CCN(c3ncccn3)CC2)o1. The summed E-state index contributed by atoms with van der Waals surface area (Å²) >= 11 is 0. The van der Waals surface area contributed by atoms with Gasteiger partial charge in [0.25, 0.3) is 0 Å². The summed E-state index contributed by atoms with van der Waals surface area (Å²) in [6.45, 7) is 4.92. The van der Waals surface area contributed by atoms with E-state index in [9.17, 15) is 0 Å². The summed E-state index contributed by atoms with van der Waals surface area (Å²) in [4.78, 5) is 10.9. The van der Waals surface area contributed by atoms with Gasteiger partial charge in [0.2, 0.25) is 5.95 Å². The molecule has 5 nitrogen and oxygen atoms in total. The maximum absolute atomic E-state index is 5.72. The molecule has 2 aromatic rings.